The lowest BCUT2D eigenvalue weighted by molar-refractivity contribution is -0.124. The Kier molecular flexibility index (Phi) is 4.33. The van der Waals surface area contributed by atoms with Crippen LogP contribution in [0.15, 0.2) is 0 Å². The van der Waals surface area contributed by atoms with Crippen LogP contribution in [0, 0.1) is 5.92 Å². The van der Waals surface area contributed by atoms with E-state index >= 15 is 0 Å². The molecule has 0 aliphatic carbocycles. The Balaban J connectivity index is 2.62. The molecule has 94 valence electrons. The third-order valence-electron chi connectivity index (χ3n) is 3.89. The molecule has 1 heterocycles. The van der Waals surface area contributed by atoms with Crippen molar-refractivity contribution in [1.29, 1.82) is 0 Å². The molecule has 1 rings (SSSR count). The second-order valence-corrected chi connectivity index (χ2v) is 5.40. The van der Waals surface area contributed by atoms with Crippen molar-refractivity contribution in [2.24, 2.45) is 11.7 Å². The number of likely N-dealkylation sites (N-methyl/N-ethyl adjacent to an activating group) is 1. The molecule has 0 aromatic rings. The largest absolute Gasteiger partial charge is 0.368 e. The number of hydrogen-bond acceptors (Lipinski definition) is 3. The molecule has 16 heavy (non-hydrogen) atoms. The first-order valence-corrected chi connectivity index (χ1v) is 6.12. The molecule has 0 aromatic carbocycles. The second-order valence-electron chi connectivity index (χ2n) is 5.40. The number of piperidine rings is 1. The number of carbonyl (C=O) groups excluding carboxylic acids is 1. The molecule has 3 unspecified atom stereocenters. The number of nitrogens with zero attached hydrogens (tertiary/aromatic N) is 1. The number of nitrogens with two attached hydrogens (primary N) is 1. The van der Waals surface area contributed by atoms with E-state index in [0.29, 0.717) is 12.6 Å². The minimum Gasteiger partial charge on any atom is -0.368 e. The van der Waals surface area contributed by atoms with E-state index in [2.05, 4.69) is 24.1 Å². The Morgan fingerprint density at radius 2 is 2.19 bits per heavy atom. The van der Waals surface area contributed by atoms with Gasteiger partial charge < -0.3 is 11.1 Å². The van der Waals surface area contributed by atoms with Gasteiger partial charge in [0.1, 0.15) is 5.54 Å². The number of nitrogens with one attached hydrogen (secondary N) is 1. The maximum absolute atomic E-state index is 11.4. The van der Waals surface area contributed by atoms with Gasteiger partial charge in [0.15, 0.2) is 0 Å². The zero-order chi connectivity index (χ0) is 12.3. The van der Waals surface area contributed by atoms with Gasteiger partial charge in [0, 0.05) is 12.6 Å². The van der Waals surface area contributed by atoms with E-state index < -0.39 is 5.54 Å². The van der Waals surface area contributed by atoms with Gasteiger partial charge in [-0.25, -0.2) is 0 Å². The van der Waals surface area contributed by atoms with Gasteiger partial charge in [-0.05, 0) is 46.2 Å². The summed E-state index contributed by atoms with van der Waals surface area (Å²) in [5.41, 5.74) is 4.83. The van der Waals surface area contributed by atoms with Gasteiger partial charge in [-0.3, -0.25) is 9.69 Å². The lowest BCUT2D eigenvalue weighted by Gasteiger charge is -2.41. The van der Waals surface area contributed by atoms with Crippen molar-refractivity contribution in [2.45, 2.75) is 45.2 Å². The van der Waals surface area contributed by atoms with Crippen LogP contribution in [0.1, 0.15) is 33.6 Å². The molecular weight excluding hydrogens is 202 g/mol. The van der Waals surface area contributed by atoms with Crippen LogP contribution in [0.3, 0.4) is 0 Å². The minimum absolute atomic E-state index is 0.277. The zero-order valence-corrected chi connectivity index (χ0v) is 10.9. The molecule has 1 saturated heterocycles. The highest BCUT2D eigenvalue weighted by Crippen LogP contribution is 2.23. The second kappa shape index (κ2) is 5.15. The Morgan fingerprint density at radius 3 is 2.62 bits per heavy atom. The first kappa shape index (κ1) is 13.5. The van der Waals surface area contributed by atoms with Gasteiger partial charge in [-0.2, -0.15) is 0 Å². The molecule has 4 heteroatoms. The van der Waals surface area contributed by atoms with Crippen LogP contribution in [0.5, 0.6) is 0 Å². The van der Waals surface area contributed by atoms with E-state index in [1.54, 1.807) is 7.05 Å². The highest BCUT2D eigenvalue weighted by Gasteiger charge is 2.34. The van der Waals surface area contributed by atoms with Crippen LogP contribution in [-0.2, 0) is 4.79 Å². The molecule has 0 radical (unpaired) electrons. The summed E-state index contributed by atoms with van der Waals surface area (Å²) < 4.78 is 0. The average molecular weight is 227 g/mol. The van der Waals surface area contributed by atoms with E-state index in [4.69, 9.17) is 5.73 Å². The molecule has 1 fully saturated rings. The van der Waals surface area contributed by atoms with Crippen molar-refractivity contribution in [3.8, 4) is 0 Å². The Morgan fingerprint density at radius 1 is 1.56 bits per heavy atom. The predicted molar refractivity (Wildman–Crippen MR) is 66.1 cm³/mol. The molecule has 4 nitrogen and oxygen atoms in total. The number of carbonyl (C=O) groups is 1. The van der Waals surface area contributed by atoms with Crippen LogP contribution in [0.4, 0.5) is 0 Å². The lowest BCUT2D eigenvalue weighted by Crippen LogP contribution is -2.60. The monoisotopic (exact) mass is 227 g/mol. The third kappa shape index (κ3) is 2.95. The van der Waals surface area contributed by atoms with Gasteiger partial charge in [0.25, 0.3) is 0 Å². The molecule has 3 N–H and O–H groups in total. The van der Waals surface area contributed by atoms with E-state index in [-0.39, 0.29) is 5.91 Å². The molecule has 0 bridgehead atoms. The fourth-order valence-electron chi connectivity index (χ4n) is 2.38. The normalized spacial score (nSPS) is 31.0. The summed E-state index contributed by atoms with van der Waals surface area (Å²) >= 11 is 0. The van der Waals surface area contributed by atoms with Crippen LogP contribution in [0.2, 0.25) is 0 Å². The fourth-order valence-corrected chi connectivity index (χ4v) is 2.38. The van der Waals surface area contributed by atoms with Crippen LogP contribution in [0.25, 0.3) is 0 Å². The van der Waals surface area contributed by atoms with Gasteiger partial charge in [-0.15, -0.1) is 0 Å². The topological polar surface area (TPSA) is 58.4 Å². The number of rotatable bonds is 4. The van der Waals surface area contributed by atoms with Crippen molar-refractivity contribution in [2.75, 3.05) is 20.1 Å². The number of amides is 1. The first-order chi connectivity index (χ1) is 7.39. The highest BCUT2D eigenvalue weighted by molar-refractivity contribution is 5.84. The summed E-state index contributed by atoms with van der Waals surface area (Å²) in [4.78, 5) is 13.8. The molecule has 0 spiro atoms. The maximum Gasteiger partial charge on any atom is 0.238 e. The van der Waals surface area contributed by atoms with Crippen LogP contribution in [-0.4, -0.2) is 42.5 Å². The lowest BCUT2D eigenvalue weighted by atomic mass is 9.91. The molecule has 1 aliphatic rings. The summed E-state index contributed by atoms with van der Waals surface area (Å²) in [5.74, 6) is 0.515. The quantitative estimate of drug-likeness (QED) is 0.738. The summed E-state index contributed by atoms with van der Waals surface area (Å²) in [6.07, 6.45) is 2.42. The van der Waals surface area contributed by atoms with Gasteiger partial charge in [-0.1, -0.05) is 6.92 Å². The molecule has 3 atom stereocenters. The van der Waals surface area contributed by atoms with Gasteiger partial charge in [0.2, 0.25) is 5.91 Å². The highest BCUT2D eigenvalue weighted by atomic mass is 16.1. The summed E-state index contributed by atoms with van der Waals surface area (Å²) in [5, 5.41) is 3.04. The van der Waals surface area contributed by atoms with Crippen molar-refractivity contribution < 1.29 is 4.79 Å². The van der Waals surface area contributed by atoms with Gasteiger partial charge in [0.05, 0.1) is 0 Å². The van der Waals surface area contributed by atoms with Crippen molar-refractivity contribution in [3.63, 3.8) is 0 Å². The molecule has 1 aliphatic heterocycles. The standard InChI is InChI=1S/C12H25N3O/c1-9-5-6-15(10(2)7-9)8-12(3,14-4)11(13)16/h9-10,14H,5-8H2,1-4H3,(H2,13,16). The van der Waals surface area contributed by atoms with Crippen molar-refractivity contribution in [3.05, 3.63) is 0 Å². The molecular formula is C12H25N3O. The predicted octanol–water partition coefficient (Wildman–Crippen LogP) is 0.570. The summed E-state index contributed by atoms with van der Waals surface area (Å²) in [6.45, 7) is 8.16. The summed E-state index contributed by atoms with van der Waals surface area (Å²) in [7, 11) is 1.79. The Labute approximate surface area is 98.6 Å². The van der Waals surface area contributed by atoms with Crippen molar-refractivity contribution in [1.82, 2.24) is 10.2 Å². The van der Waals surface area contributed by atoms with Crippen LogP contribution < -0.4 is 11.1 Å². The first-order valence-electron chi connectivity index (χ1n) is 6.12. The fraction of sp³-hybridized carbons (Fsp3) is 0.917. The summed E-state index contributed by atoms with van der Waals surface area (Å²) in [6, 6.07) is 0.538. The Bertz CT molecular complexity index is 257. The third-order valence-corrected chi connectivity index (χ3v) is 3.89. The number of primary amides is 1. The molecule has 1 amide bonds. The zero-order valence-electron chi connectivity index (χ0n) is 10.9. The minimum atomic E-state index is -0.616. The van der Waals surface area contributed by atoms with E-state index in [1.165, 1.54) is 12.8 Å². The molecule has 0 aromatic heterocycles. The van der Waals surface area contributed by atoms with Crippen molar-refractivity contribution >= 4 is 5.91 Å². The van der Waals surface area contributed by atoms with E-state index in [1.807, 2.05) is 6.92 Å². The number of hydrogen-bond donors (Lipinski definition) is 2. The van der Waals surface area contributed by atoms with Crippen LogP contribution >= 0.6 is 0 Å². The van der Waals surface area contributed by atoms with Gasteiger partial charge >= 0.3 is 0 Å². The van der Waals surface area contributed by atoms with E-state index in [9.17, 15) is 4.79 Å². The smallest absolute Gasteiger partial charge is 0.238 e. The van der Waals surface area contributed by atoms with E-state index in [0.717, 1.165) is 12.5 Å². The molecule has 0 saturated carbocycles. The number of likely N-dealkylation sites (tertiary alicyclic amines) is 1. The SMILES string of the molecule is CNC(C)(CN1CCC(C)CC1C)C(N)=O. The maximum atomic E-state index is 11.4. The Hall–Kier alpha value is -0.610. The average Bonchev–Trinajstić information content (AvgIpc) is 2.22.